The summed E-state index contributed by atoms with van der Waals surface area (Å²) in [5, 5.41) is 0. The summed E-state index contributed by atoms with van der Waals surface area (Å²) >= 11 is 3.45. The van der Waals surface area contributed by atoms with Crippen LogP contribution in [0, 0.1) is 6.92 Å². The fourth-order valence-electron chi connectivity index (χ4n) is 2.18. The lowest BCUT2D eigenvalue weighted by Gasteiger charge is -2.05. The van der Waals surface area contributed by atoms with Crippen molar-refractivity contribution in [2.45, 2.75) is 6.92 Å². The first kappa shape index (κ1) is 12.1. The van der Waals surface area contributed by atoms with Crippen LogP contribution in [0.5, 0.6) is 0 Å². The number of aryl methyl sites for hydroxylation is 1. The van der Waals surface area contributed by atoms with Crippen LogP contribution in [0.2, 0.25) is 0 Å². The van der Waals surface area contributed by atoms with E-state index in [-0.39, 0.29) is 0 Å². The van der Waals surface area contributed by atoms with Crippen molar-refractivity contribution in [3.63, 3.8) is 0 Å². The van der Waals surface area contributed by atoms with Crippen LogP contribution in [0.4, 0.5) is 0 Å². The zero-order valence-corrected chi connectivity index (χ0v) is 11.9. The molecule has 0 fully saturated rings. The van der Waals surface area contributed by atoms with Crippen molar-refractivity contribution in [1.82, 2.24) is 9.38 Å². The largest absolute Gasteiger partial charge is 0.298 e. The van der Waals surface area contributed by atoms with Crippen LogP contribution in [0.3, 0.4) is 0 Å². The first-order valence-corrected chi connectivity index (χ1v) is 6.69. The van der Waals surface area contributed by atoms with Gasteiger partial charge in [0, 0.05) is 16.2 Å². The molecule has 0 aliphatic carbocycles. The lowest BCUT2D eigenvalue weighted by atomic mass is 10.1. The highest BCUT2D eigenvalue weighted by molar-refractivity contribution is 9.10. The minimum Gasteiger partial charge on any atom is -0.298 e. The molecule has 2 heterocycles. The van der Waals surface area contributed by atoms with E-state index in [1.165, 1.54) is 0 Å². The maximum absolute atomic E-state index is 11.1. The number of carbonyl (C=O) groups excluding carboxylic acids is 1. The van der Waals surface area contributed by atoms with Gasteiger partial charge in [-0.1, -0.05) is 24.3 Å². The molecular formula is C15H11BrN2O. The Bertz CT molecular complexity index is 777. The van der Waals surface area contributed by atoms with Gasteiger partial charge in [-0.2, -0.15) is 0 Å². The zero-order valence-electron chi connectivity index (χ0n) is 10.3. The molecule has 0 aliphatic rings. The SMILES string of the molecule is Cc1ccccc1-c1nc(C=O)c2ccc(Br)cn12. The van der Waals surface area contributed by atoms with Crippen LogP contribution in [-0.2, 0) is 0 Å². The van der Waals surface area contributed by atoms with Gasteiger partial charge in [-0.15, -0.1) is 0 Å². The molecule has 0 saturated carbocycles. The molecule has 3 nitrogen and oxygen atoms in total. The predicted octanol–water partition coefficient (Wildman–Crippen LogP) is 3.88. The Morgan fingerprint density at radius 2 is 2.00 bits per heavy atom. The van der Waals surface area contributed by atoms with Crippen LogP contribution in [0.25, 0.3) is 16.9 Å². The van der Waals surface area contributed by atoms with E-state index in [0.717, 1.165) is 33.2 Å². The second-order valence-corrected chi connectivity index (χ2v) is 5.27. The third-order valence-corrected chi connectivity index (χ3v) is 3.60. The van der Waals surface area contributed by atoms with E-state index >= 15 is 0 Å². The predicted molar refractivity (Wildman–Crippen MR) is 78.5 cm³/mol. The monoisotopic (exact) mass is 314 g/mol. The van der Waals surface area contributed by atoms with Crippen LogP contribution in [0.1, 0.15) is 16.1 Å². The standard InChI is InChI=1S/C15H11BrN2O/c1-10-4-2-3-5-12(10)15-17-13(9-19)14-7-6-11(16)8-18(14)15/h2-9H,1H3. The number of hydrogen-bond donors (Lipinski definition) is 0. The first-order valence-electron chi connectivity index (χ1n) is 5.89. The second kappa shape index (κ2) is 4.63. The summed E-state index contributed by atoms with van der Waals surface area (Å²) in [6.45, 7) is 2.04. The maximum Gasteiger partial charge on any atom is 0.170 e. The number of fused-ring (bicyclic) bond motifs is 1. The highest BCUT2D eigenvalue weighted by Gasteiger charge is 2.13. The van der Waals surface area contributed by atoms with Gasteiger partial charge in [-0.05, 0) is 40.5 Å². The maximum atomic E-state index is 11.1. The van der Waals surface area contributed by atoms with Crippen molar-refractivity contribution in [3.05, 3.63) is 58.3 Å². The third-order valence-electron chi connectivity index (χ3n) is 3.13. The van der Waals surface area contributed by atoms with Crippen LogP contribution in [-0.4, -0.2) is 15.7 Å². The molecule has 0 amide bonds. The Balaban J connectivity index is 2.38. The summed E-state index contributed by atoms with van der Waals surface area (Å²) in [6, 6.07) is 11.8. The highest BCUT2D eigenvalue weighted by atomic mass is 79.9. The number of rotatable bonds is 2. The second-order valence-electron chi connectivity index (χ2n) is 4.36. The molecular weight excluding hydrogens is 304 g/mol. The van der Waals surface area contributed by atoms with E-state index in [2.05, 4.69) is 20.9 Å². The minimum absolute atomic E-state index is 0.464. The van der Waals surface area contributed by atoms with Crippen molar-refractivity contribution in [1.29, 1.82) is 0 Å². The minimum atomic E-state index is 0.464. The van der Waals surface area contributed by atoms with Crippen LogP contribution in [0.15, 0.2) is 47.1 Å². The Kier molecular flexibility index (Phi) is 2.95. The van der Waals surface area contributed by atoms with Gasteiger partial charge in [-0.25, -0.2) is 4.98 Å². The number of aromatic nitrogens is 2. The van der Waals surface area contributed by atoms with Crippen molar-refractivity contribution < 1.29 is 4.79 Å². The molecule has 19 heavy (non-hydrogen) atoms. The third kappa shape index (κ3) is 1.98. The first-order chi connectivity index (χ1) is 9.20. The number of hydrogen-bond acceptors (Lipinski definition) is 2. The molecule has 0 aliphatic heterocycles. The molecule has 0 spiro atoms. The average molecular weight is 315 g/mol. The molecule has 1 aromatic carbocycles. The average Bonchev–Trinajstić information content (AvgIpc) is 2.77. The topological polar surface area (TPSA) is 34.4 Å². The van der Waals surface area contributed by atoms with Crippen LogP contribution < -0.4 is 0 Å². The van der Waals surface area contributed by atoms with Crippen molar-refractivity contribution in [2.24, 2.45) is 0 Å². The lowest BCUT2D eigenvalue weighted by Crippen LogP contribution is -1.91. The van der Waals surface area contributed by atoms with Gasteiger partial charge in [-0.3, -0.25) is 9.20 Å². The molecule has 3 rings (SSSR count). The van der Waals surface area contributed by atoms with Gasteiger partial charge in [0.05, 0.1) is 5.52 Å². The van der Waals surface area contributed by atoms with Crippen molar-refractivity contribution in [3.8, 4) is 11.4 Å². The number of pyridine rings is 1. The summed E-state index contributed by atoms with van der Waals surface area (Å²) in [5.41, 5.74) is 3.44. The number of halogens is 1. The van der Waals surface area contributed by atoms with Crippen LogP contribution >= 0.6 is 15.9 Å². The summed E-state index contributed by atoms with van der Waals surface area (Å²) in [4.78, 5) is 15.6. The molecule has 0 unspecified atom stereocenters. The lowest BCUT2D eigenvalue weighted by molar-refractivity contribution is 0.112. The normalized spacial score (nSPS) is 10.8. The van der Waals surface area contributed by atoms with Gasteiger partial charge >= 0.3 is 0 Å². The van der Waals surface area contributed by atoms with E-state index in [4.69, 9.17) is 0 Å². The van der Waals surface area contributed by atoms with E-state index in [1.807, 2.05) is 53.9 Å². The number of carbonyl (C=O) groups is 1. The Morgan fingerprint density at radius 1 is 1.21 bits per heavy atom. The smallest absolute Gasteiger partial charge is 0.170 e. The molecule has 2 aromatic heterocycles. The molecule has 0 N–H and O–H groups in total. The fourth-order valence-corrected chi connectivity index (χ4v) is 2.52. The summed E-state index contributed by atoms with van der Waals surface area (Å²) in [7, 11) is 0. The van der Waals surface area contributed by atoms with E-state index in [1.54, 1.807) is 0 Å². The van der Waals surface area contributed by atoms with E-state index in [0.29, 0.717) is 5.69 Å². The summed E-state index contributed by atoms with van der Waals surface area (Å²) < 4.78 is 2.89. The zero-order chi connectivity index (χ0) is 13.4. The Morgan fingerprint density at radius 3 is 2.74 bits per heavy atom. The molecule has 0 saturated heterocycles. The van der Waals surface area contributed by atoms with E-state index in [9.17, 15) is 4.79 Å². The molecule has 4 heteroatoms. The Labute approximate surface area is 119 Å². The highest BCUT2D eigenvalue weighted by Crippen LogP contribution is 2.26. The fraction of sp³-hybridized carbons (Fsp3) is 0.0667. The molecule has 0 bridgehead atoms. The van der Waals surface area contributed by atoms with Gasteiger partial charge in [0.15, 0.2) is 6.29 Å². The number of benzene rings is 1. The van der Waals surface area contributed by atoms with Gasteiger partial charge in [0.2, 0.25) is 0 Å². The summed E-state index contributed by atoms with van der Waals surface area (Å²) in [6.07, 6.45) is 2.72. The van der Waals surface area contributed by atoms with E-state index < -0.39 is 0 Å². The van der Waals surface area contributed by atoms with Crippen molar-refractivity contribution >= 4 is 27.7 Å². The van der Waals surface area contributed by atoms with Gasteiger partial charge in [0.25, 0.3) is 0 Å². The van der Waals surface area contributed by atoms with Gasteiger partial charge < -0.3 is 0 Å². The van der Waals surface area contributed by atoms with Crippen molar-refractivity contribution in [2.75, 3.05) is 0 Å². The molecule has 0 radical (unpaired) electrons. The number of aldehydes is 1. The number of nitrogens with zero attached hydrogens (tertiary/aromatic N) is 2. The quantitative estimate of drug-likeness (QED) is 0.673. The van der Waals surface area contributed by atoms with Gasteiger partial charge in [0.1, 0.15) is 11.5 Å². The number of imidazole rings is 1. The molecule has 0 atom stereocenters. The molecule has 3 aromatic rings. The molecule has 94 valence electrons. The Hall–Kier alpha value is -1.94. The summed E-state index contributed by atoms with van der Waals surface area (Å²) in [5.74, 6) is 0.788.